The standard InChI is InChI=1S/C13H11F3N2O/c1-3-9-17-12(6(2)13(19)18-9)7-4-5-8(14)11(16)10(7)15/h4-5H,3H2,1-2H3,(H,17,18,19). The third-order valence-electron chi connectivity index (χ3n) is 2.83. The van der Waals surface area contributed by atoms with E-state index in [1.165, 1.54) is 6.92 Å². The highest BCUT2D eigenvalue weighted by Crippen LogP contribution is 2.25. The van der Waals surface area contributed by atoms with E-state index < -0.39 is 23.0 Å². The molecule has 0 saturated carbocycles. The first-order valence-corrected chi connectivity index (χ1v) is 5.69. The number of nitrogens with zero attached hydrogens (tertiary/aromatic N) is 1. The molecule has 2 rings (SSSR count). The van der Waals surface area contributed by atoms with Crippen LogP contribution >= 0.6 is 0 Å². The molecule has 0 aliphatic carbocycles. The van der Waals surface area contributed by atoms with Crippen molar-refractivity contribution < 1.29 is 13.2 Å². The number of aromatic nitrogens is 2. The van der Waals surface area contributed by atoms with Gasteiger partial charge in [-0.05, 0) is 19.1 Å². The normalized spacial score (nSPS) is 10.8. The summed E-state index contributed by atoms with van der Waals surface area (Å²) in [5, 5.41) is 0. The second kappa shape index (κ2) is 4.87. The highest BCUT2D eigenvalue weighted by Gasteiger charge is 2.18. The molecule has 0 atom stereocenters. The van der Waals surface area contributed by atoms with E-state index in [-0.39, 0.29) is 16.8 Å². The Balaban J connectivity index is 2.75. The predicted molar refractivity (Wildman–Crippen MR) is 64.3 cm³/mol. The lowest BCUT2D eigenvalue weighted by atomic mass is 10.1. The van der Waals surface area contributed by atoms with Crippen LogP contribution in [0, 0.1) is 24.4 Å². The van der Waals surface area contributed by atoms with E-state index in [0.29, 0.717) is 12.2 Å². The van der Waals surface area contributed by atoms with Crippen molar-refractivity contribution in [2.24, 2.45) is 0 Å². The lowest BCUT2D eigenvalue weighted by molar-refractivity contribution is 0.448. The average Bonchev–Trinajstić information content (AvgIpc) is 2.40. The van der Waals surface area contributed by atoms with Gasteiger partial charge in [-0.2, -0.15) is 0 Å². The summed E-state index contributed by atoms with van der Waals surface area (Å²) in [6, 6.07) is 1.88. The van der Waals surface area contributed by atoms with Crippen molar-refractivity contribution in [3.8, 4) is 11.3 Å². The molecule has 0 bridgehead atoms. The number of hydrogen-bond donors (Lipinski definition) is 1. The van der Waals surface area contributed by atoms with Gasteiger partial charge < -0.3 is 4.98 Å². The van der Waals surface area contributed by atoms with Crippen LogP contribution in [-0.2, 0) is 6.42 Å². The Labute approximate surface area is 107 Å². The van der Waals surface area contributed by atoms with Gasteiger partial charge in [0.2, 0.25) is 0 Å². The number of H-pyrrole nitrogens is 1. The zero-order chi connectivity index (χ0) is 14.2. The zero-order valence-electron chi connectivity index (χ0n) is 10.4. The Kier molecular flexibility index (Phi) is 3.42. The van der Waals surface area contributed by atoms with E-state index in [0.717, 1.165) is 12.1 Å². The first-order chi connectivity index (χ1) is 8.95. The maximum Gasteiger partial charge on any atom is 0.254 e. The second-order valence-corrected chi connectivity index (χ2v) is 4.06. The number of hydrogen-bond acceptors (Lipinski definition) is 2. The Morgan fingerprint density at radius 3 is 2.53 bits per heavy atom. The number of nitrogens with one attached hydrogen (secondary N) is 1. The van der Waals surface area contributed by atoms with Crippen LogP contribution in [0.15, 0.2) is 16.9 Å². The summed E-state index contributed by atoms with van der Waals surface area (Å²) in [5.74, 6) is -3.84. The summed E-state index contributed by atoms with van der Waals surface area (Å²) in [6.45, 7) is 3.21. The SMILES string of the molecule is CCc1nc(-c2ccc(F)c(F)c2F)c(C)c(=O)[nH]1. The van der Waals surface area contributed by atoms with Crippen LogP contribution in [0.25, 0.3) is 11.3 Å². The lowest BCUT2D eigenvalue weighted by Gasteiger charge is -2.08. The van der Waals surface area contributed by atoms with Crippen LogP contribution < -0.4 is 5.56 Å². The van der Waals surface area contributed by atoms with E-state index in [1.807, 2.05) is 0 Å². The monoisotopic (exact) mass is 268 g/mol. The number of aromatic amines is 1. The Bertz CT molecular complexity index is 695. The number of benzene rings is 1. The summed E-state index contributed by atoms with van der Waals surface area (Å²) in [6.07, 6.45) is 0.438. The molecule has 0 saturated heterocycles. The van der Waals surface area contributed by atoms with Crippen molar-refractivity contribution in [2.75, 3.05) is 0 Å². The molecular weight excluding hydrogens is 257 g/mol. The van der Waals surface area contributed by atoms with E-state index in [4.69, 9.17) is 0 Å². The zero-order valence-corrected chi connectivity index (χ0v) is 10.4. The van der Waals surface area contributed by atoms with Gasteiger partial charge in [-0.15, -0.1) is 0 Å². The molecule has 0 unspecified atom stereocenters. The summed E-state index contributed by atoms with van der Waals surface area (Å²) in [5.41, 5.74) is -0.470. The smallest absolute Gasteiger partial charge is 0.254 e. The van der Waals surface area contributed by atoms with Crippen molar-refractivity contribution in [1.82, 2.24) is 9.97 Å². The van der Waals surface area contributed by atoms with Gasteiger partial charge in [-0.1, -0.05) is 6.92 Å². The fraction of sp³-hybridized carbons (Fsp3) is 0.231. The number of halogens is 3. The van der Waals surface area contributed by atoms with Gasteiger partial charge in [0.15, 0.2) is 17.5 Å². The minimum absolute atomic E-state index is 0.0250. The molecule has 0 radical (unpaired) electrons. The van der Waals surface area contributed by atoms with Gasteiger partial charge in [-0.25, -0.2) is 18.2 Å². The summed E-state index contributed by atoms with van der Waals surface area (Å²) < 4.78 is 39.9. The van der Waals surface area contributed by atoms with Crippen molar-refractivity contribution in [1.29, 1.82) is 0 Å². The third kappa shape index (κ3) is 2.25. The van der Waals surface area contributed by atoms with Crippen LogP contribution in [0.3, 0.4) is 0 Å². The predicted octanol–water partition coefficient (Wildman–Crippen LogP) is 2.73. The van der Waals surface area contributed by atoms with Crippen molar-refractivity contribution >= 4 is 0 Å². The Hall–Kier alpha value is -2.11. The lowest BCUT2D eigenvalue weighted by Crippen LogP contribution is -2.16. The van der Waals surface area contributed by atoms with Crippen LogP contribution in [0.1, 0.15) is 18.3 Å². The maximum absolute atomic E-state index is 13.7. The quantitative estimate of drug-likeness (QED) is 0.851. The van der Waals surface area contributed by atoms with Crippen molar-refractivity contribution in [2.45, 2.75) is 20.3 Å². The minimum Gasteiger partial charge on any atom is -0.310 e. The fourth-order valence-corrected chi connectivity index (χ4v) is 1.72. The van der Waals surface area contributed by atoms with Gasteiger partial charge in [0, 0.05) is 17.5 Å². The van der Waals surface area contributed by atoms with E-state index >= 15 is 0 Å². The first kappa shape index (κ1) is 13.3. The second-order valence-electron chi connectivity index (χ2n) is 4.06. The molecule has 100 valence electrons. The molecule has 0 aliphatic heterocycles. The molecule has 2 aromatic rings. The molecule has 1 aromatic carbocycles. The van der Waals surface area contributed by atoms with Gasteiger partial charge in [0.05, 0.1) is 5.69 Å². The minimum atomic E-state index is -1.57. The molecule has 0 aliphatic rings. The molecule has 3 nitrogen and oxygen atoms in total. The van der Waals surface area contributed by atoms with E-state index in [1.54, 1.807) is 6.92 Å². The maximum atomic E-state index is 13.7. The molecule has 0 spiro atoms. The third-order valence-corrected chi connectivity index (χ3v) is 2.83. The number of rotatable bonds is 2. The largest absolute Gasteiger partial charge is 0.310 e. The number of aryl methyl sites for hydroxylation is 1. The van der Waals surface area contributed by atoms with E-state index in [9.17, 15) is 18.0 Å². The molecule has 1 heterocycles. The molecule has 0 amide bonds. The highest BCUT2D eigenvalue weighted by molar-refractivity contribution is 5.63. The van der Waals surface area contributed by atoms with Gasteiger partial charge in [0.25, 0.3) is 5.56 Å². The summed E-state index contributed by atoms with van der Waals surface area (Å²) >= 11 is 0. The molecule has 1 N–H and O–H groups in total. The average molecular weight is 268 g/mol. The van der Waals surface area contributed by atoms with Gasteiger partial charge >= 0.3 is 0 Å². The highest BCUT2D eigenvalue weighted by atomic mass is 19.2. The Morgan fingerprint density at radius 1 is 1.21 bits per heavy atom. The van der Waals surface area contributed by atoms with Crippen LogP contribution in [0.5, 0.6) is 0 Å². The summed E-state index contributed by atoms with van der Waals surface area (Å²) in [7, 11) is 0. The van der Waals surface area contributed by atoms with Crippen LogP contribution in [-0.4, -0.2) is 9.97 Å². The van der Waals surface area contributed by atoms with Crippen LogP contribution in [0.4, 0.5) is 13.2 Å². The first-order valence-electron chi connectivity index (χ1n) is 5.69. The van der Waals surface area contributed by atoms with Crippen molar-refractivity contribution in [3.05, 3.63) is 51.3 Å². The molecule has 6 heteroatoms. The molecule has 1 aromatic heterocycles. The Morgan fingerprint density at radius 2 is 1.89 bits per heavy atom. The van der Waals surface area contributed by atoms with Crippen LogP contribution in [0.2, 0.25) is 0 Å². The topological polar surface area (TPSA) is 45.8 Å². The van der Waals surface area contributed by atoms with Crippen molar-refractivity contribution in [3.63, 3.8) is 0 Å². The van der Waals surface area contributed by atoms with Gasteiger partial charge in [-0.3, -0.25) is 4.79 Å². The molecule has 19 heavy (non-hydrogen) atoms. The molecular formula is C13H11F3N2O. The molecule has 0 fully saturated rings. The van der Waals surface area contributed by atoms with E-state index in [2.05, 4.69) is 9.97 Å². The van der Waals surface area contributed by atoms with Gasteiger partial charge in [0.1, 0.15) is 5.82 Å². The fourth-order valence-electron chi connectivity index (χ4n) is 1.72. The summed E-state index contributed by atoms with van der Waals surface area (Å²) in [4.78, 5) is 18.3.